The average molecular weight is 249 g/mol. The van der Waals surface area contributed by atoms with Gasteiger partial charge in [0.25, 0.3) is 0 Å². The summed E-state index contributed by atoms with van der Waals surface area (Å²) < 4.78 is 5.42. The molecule has 1 aromatic heterocycles. The van der Waals surface area contributed by atoms with E-state index in [0.29, 0.717) is 12.0 Å². The second-order valence-electron chi connectivity index (χ2n) is 4.95. The lowest BCUT2D eigenvalue weighted by molar-refractivity contribution is 0.183. The van der Waals surface area contributed by atoms with Gasteiger partial charge in [0.15, 0.2) is 0 Å². The van der Waals surface area contributed by atoms with Crippen LogP contribution in [0.3, 0.4) is 0 Å². The monoisotopic (exact) mass is 249 g/mol. The molecule has 1 aliphatic heterocycles. The van der Waals surface area contributed by atoms with Crippen LogP contribution in [0.4, 0.5) is 11.4 Å². The van der Waals surface area contributed by atoms with Crippen LogP contribution in [0.25, 0.3) is 0 Å². The van der Waals surface area contributed by atoms with Gasteiger partial charge in [0.2, 0.25) is 0 Å². The zero-order valence-corrected chi connectivity index (χ0v) is 11.3. The molecular weight excluding hydrogens is 226 g/mol. The first-order valence-corrected chi connectivity index (χ1v) is 6.82. The second-order valence-corrected chi connectivity index (χ2v) is 4.95. The predicted octanol–water partition coefficient (Wildman–Crippen LogP) is 2.74. The largest absolute Gasteiger partial charge is 0.384 e. The quantitative estimate of drug-likeness (QED) is 0.814. The van der Waals surface area contributed by atoms with Crippen molar-refractivity contribution in [2.24, 2.45) is 5.92 Å². The molecule has 4 nitrogen and oxygen atoms in total. The molecule has 0 aromatic carbocycles. The van der Waals surface area contributed by atoms with E-state index in [-0.39, 0.29) is 0 Å². The molecule has 2 N–H and O–H groups in total. The number of anilines is 2. The summed E-state index contributed by atoms with van der Waals surface area (Å²) in [5.74, 6) is 0.609. The van der Waals surface area contributed by atoms with E-state index >= 15 is 0 Å². The minimum absolute atomic E-state index is 0.427. The van der Waals surface area contributed by atoms with Crippen LogP contribution in [0, 0.1) is 5.92 Å². The molecule has 1 saturated heterocycles. The highest BCUT2D eigenvalue weighted by Crippen LogP contribution is 2.21. The van der Waals surface area contributed by atoms with Crippen LogP contribution in [-0.4, -0.2) is 30.8 Å². The highest BCUT2D eigenvalue weighted by molar-refractivity contribution is 5.54. The summed E-state index contributed by atoms with van der Waals surface area (Å²) in [5, 5.41) is 6.87. The molecule has 2 heterocycles. The van der Waals surface area contributed by atoms with Crippen LogP contribution in [0.15, 0.2) is 18.5 Å². The van der Waals surface area contributed by atoms with E-state index in [1.54, 1.807) is 0 Å². The van der Waals surface area contributed by atoms with Crippen molar-refractivity contribution in [1.29, 1.82) is 0 Å². The van der Waals surface area contributed by atoms with Gasteiger partial charge in [-0.1, -0.05) is 6.92 Å². The Morgan fingerprint density at radius 2 is 2.28 bits per heavy atom. The van der Waals surface area contributed by atoms with Crippen molar-refractivity contribution in [3.05, 3.63) is 18.5 Å². The maximum absolute atomic E-state index is 5.42. The van der Waals surface area contributed by atoms with Gasteiger partial charge in [0.1, 0.15) is 0 Å². The van der Waals surface area contributed by atoms with Crippen molar-refractivity contribution in [3.8, 4) is 0 Å². The van der Waals surface area contributed by atoms with E-state index in [1.165, 1.54) is 0 Å². The van der Waals surface area contributed by atoms with Crippen molar-refractivity contribution >= 4 is 11.4 Å². The standard InChI is InChI=1S/C14H23N3O/c1-3-5-16-13-7-14(9-15-8-13)17-11(2)12-4-6-18-10-12/h7-9,11-12,16-17H,3-6,10H2,1-2H3. The van der Waals surface area contributed by atoms with Gasteiger partial charge < -0.3 is 15.4 Å². The van der Waals surface area contributed by atoms with Crippen LogP contribution in [0.5, 0.6) is 0 Å². The smallest absolute Gasteiger partial charge is 0.0549 e. The average Bonchev–Trinajstić information content (AvgIpc) is 2.91. The summed E-state index contributed by atoms with van der Waals surface area (Å²) in [5.41, 5.74) is 2.16. The number of rotatable bonds is 6. The van der Waals surface area contributed by atoms with Gasteiger partial charge in [0.05, 0.1) is 30.4 Å². The molecule has 4 heteroatoms. The maximum atomic E-state index is 5.42. The summed E-state index contributed by atoms with van der Waals surface area (Å²) in [6.07, 6.45) is 6.01. The Labute approximate surface area is 109 Å². The highest BCUT2D eigenvalue weighted by atomic mass is 16.5. The first kappa shape index (κ1) is 13.1. The molecule has 2 atom stereocenters. The van der Waals surface area contributed by atoms with Crippen molar-refractivity contribution in [2.75, 3.05) is 30.4 Å². The lowest BCUT2D eigenvalue weighted by atomic mass is 10.0. The van der Waals surface area contributed by atoms with Crippen LogP contribution < -0.4 is 10.6 Å². The van der Waals surface area contributed by atoms with Crippen LogP contribution in [0.1, 0.15) is 26.7 Å². The molecule has 18 heavy (non-hydrogen) atoms. The van der Waals surface area contributed by atoms with Crippen molar-refractivity contribution < 1.29 is 4.74 Å². The van der Waals surface area contributed by atoms with Crippen LogP contribution in [-0.2, 0) is 4.74 Å². The zero-order valence-electron chi connectivity index (χ0n) is 11.3. The Morgan fingerprint density at radius 3 is 3.00 bits per heavy atom. The molecule has 1 fully saturated rings. The minimum atomic E-state index is 0.427. The number of hydrogen-bond donors (Lipinski definition) is 2. The molecule has 0 spiro atoms. The van der Waals surface area contributed by atoms with Gasteiger partial charge in [-0.3, -0.25) is 4.98 Å². The van der Waals surface area contributed by atoms with E-state index in [2.05, 4.69) is 35.5 Å². The van der Waals surface area contributed by atoms with E-state index < -0.39 is 0 Å². The molecule has 1 aliphatic rings. The number of nitrogens with zero attached hydrogens (tertiary/aromatic N) is 1. The maximum Gasteiger partial charge on any atom is 0.0549 e. The highest BCUT2D eigenvalue weighted by Gasteiger charge is 2.22. The van der Waals surface area contributed by atoms with E-state index in [0.717, 1.165) is 44.0 Å². The van der Waals surface area contributed by atoms with Gasteiger partial charge in [-0.25, -0.2) is 0 Å². The lowest BCUT2D eigenvalue weighted by Gasteiger charge is -2.20. The summed E-state index contributed by atoms with van der Waals surface area (Å²) >= 11 is 0. The minimum Gasteiger partial charge on any atom is -0.384 e. The zero-order chi connectivity index (χ0) is 12.8. The summed E-state index contributed by atoms with van der Waals surface area (Å²) in [7, 11) is 0. The Kier molecular flexibility index (Phi) is 4.81. The van der Waals surface area contributed by atoms with Crippen molar-refractivity contribution in [3.63, 3.8) is 0 Å². The van der Waals surface area contributed by atoms with Crippen molar-refractivity contribution in [1.82, 2.24) is 4.98 Å². The van der Waals surface area contributed by atoms with Gasteiger partial charge in [-0.2, -0.15) is 0 Å². The van der Waals surface area contributed by atoms with Crippen LogP contribution in [0.2, 0.25) is 0 Å². The first-order chi connectivity index (χ1) is 8.79. The normalized spacial score (nSPS) is 20.7. The third-order valence-electron chi connectivity index (χ3n) is 3.38. The fourth-order valence-corrected chi connectivity index (χ4v) is 2.21. The summed E-state index contributed by atoms with van der Waals surface area (Å²) in [6.45, 7) is 7.12. The Balaban J connectivity index is 1.91. The second kappa shape index (κ2) is 6.59. The molecule has 0 amide bonds. The number of pyridine rings is 1. The summed E-state index contributed by atoms with van der Waals surface area (Å²) in [4.78, 5) is 4.26. The number of aromatic nitrogens is 1. The predicted molar refractivity (Wildman–Crippen MR) is 75.0 cm³/mol. The van der Waals surface area contributed by atoms with Gasteiger partial charge in [-0.15, -0.1) is 0 Å². The molecule has 2 rings (SSSR count). The molecule has 0 saturated carbocycles. The lowest BCUT2D eigenvalue weighted by Crippen LogP contribution is -2.26. The third-order valence-corrected chi connectivity index (χ3v) is 3.38. The molecule has 0 bridgehead atoms. The van der Waals surface area contributed by atoms with Gasteiger partial charge >= 0.3 is 0 Å². The SMILES string of the molecule is CCCNc1cncc(NC(C)C2CCOC2)c1. The van der Waals surface area contributed by atoms with E-state index in [4.69, 9.17) is 4.74 Å². The number of ether oxygens (including phenoxy) is 1. The Bertz CT molecular complexity index is 364. The third kappa shape index (κ3) is 3.60. The number of hydrogen-bond acceptors (Lipinski definition) is 4. The first-order valence-electron chi connectivity index (χ1n) is 6.82. The van der Waals surface area contributed by atoms with Gasteiger partial charge in [-0.05, 0) is 25.8 Å². The molecule has 100 valence electrons. The molecule has 0 radical (unpaired) electrons. The van der Waals surface area contributed by atoms with Crippen molar-refractivity contribution in [2.45, 2.75) is 32.7 Å². The molecule has 2 unspecified atom stereocenters. The van der Waals surface area contributed by atoms with Gasteiger partial charge in [0, 0.05) is 25.1 Å². The topological polar surface area (TPSA) is 46.2 Å². The molecular formula is C14H23N3O. The number of nitrogens with one attached hydrogen (secondary N) is 2. The fourth-order valence-electron chi connectivity index (χ4n) is 2.21. The summed E-state index contributed by atoms with van der Waals surface area (Å²) in [6, 6.07) is 2.55. The Morgan fingerprint density at radius 1 is 1.44 bits per heavy atom. The molecule has 0 aliphatic carbocycles. The fraction of sp³-hybridized carbons (Fsp3) is 0.643. The van der Waals surface area contributed by atoms with E-state index in [1.807, 2.05) is 12.4 Å². The van der Waals surface area contributed by atoms with Crippen LogP contribution >= 0.6 is 0 Å². The molecule has 1 aromatic rings. The van der Waals surface area contributed by atoms with E-state index in [9.17, 15) is 0 Å². The Hall–Kier alpha value is -1.29.